The number of hydrogen-bond donors (Lipinski definition) is 3. The minimum absolute atomic E-state index is 0.145. The Morgan fingerprint density at radius 2 is 2.31 bits per heavy atom. The van der Waals surface area contributed by atoms with Crippen LogP contribution in [0.4, 0.5) is 10.5 Å². The molecule has 1 aliphatic heterocycles. The number of aromatic nitrogens is 3. The fourth-order valence-corrected chi connectivity index (χ4v) is 3.35. The molecule has 3 N–H and O–H groups in total. The molecule has 0 unspecified atom stereocenters. The number of hydrogen-bond acceptors (Lipinski definition) is 5. The van der Waals surface area contributed by atoms with E-state index in [2.05, 4.69) is 15.4 Å². The third kappa shape index (κ3) is 2.76. The van der Waals surface area contributed by atoms with Gasteiger partial charge in [0.2, 0.25) is 0 Å². The summed E-state index contributed by atoms with van der Waals surface area (Å²) in [5, 5.41) is 16.8. The van der Waals surface area contributed by atoms with Crippen LogP contribution in [0.25, 0.3) is 11.1 Å². The number of rotatable bonds is 3. The van der Waals surface area contributed by atoms with Gasteiger partial charge in [-0.2, -0.15) is 5.10 Å². The second-order valence-corrected chi connectivity index (χ2v) is 6.17. The number of oxazole rings is 1. The van der Waals surface area contributed by atoms with Crippen LogP contribution in [0.15, 0.2) is 27.4 Å². The average molecular weight is 357 g/mol. The Morgan fingerprint density at radius 3 is 3.08 bits per heavy atom. The van der Waals surface area contributed by atoms with Crippen molar-refractivity contribution in [3.8, 4) is 0 Å². The van der Waals surface area contributed by atoms with E-state index in [1.54, 1.807) is 23.1 Å². The molecule has 4 rings (SSSR count). The van der Waals surface area contributed by atoms with Crippen molar-refractivity contribution in [1.29, 1.82) is 0 Å². The number of anilines is 1. The number of nitrogens with zero attached hydrogens (tertiary/aromatic N) is 3. The summed E-state index contributed by atoms with van der Waals surface area (Å²) < 4.78 is 6.90. The van der Waals surface area contributed by atoms with E-state index in [9.17, 15) is 14.7 Å². The van der Waals surface area contributed by atoms with Crippen LogP contribution in [0.5, 0.6) is 0 Å². The molecule has 0 saturated heterocycles. The van der Waals surface area contributed by atoms with Gasteiger partial charge in [-0.15, -0.1) is 0 Å². The predicted octanol–water partition coefficient (Wildman–Crippen LogP) is 1.42. The topological polar surface area (TPSA) is 116 Å². The van der Waals surface area contributed by atoms with Gasteiger partial charge in [-0.1, -0.05) is 0 Å². The van der Waals surface area contributed by atoms with Gasteiger partial charge in [-0.25, -0.2) is 9.59 Å². The summed E-state index contributed by atoms with van der Waals surface area (Å²) >= 11 is 0. The Labute approximate surface area is 148 Å². The molecule has 9 nitrogen and oxygen atoms in total. The zero-order valence-corrected chi connectivity index (χ0v) is 14.3. The van der Waals surface area contributed by atoms with Crippen LogP contribution in [0, 0.1) is 0 Å². The lowest BCUT2D eigenvalue weighted by atomic mass is 10.1. The molecule has 26 heavy (non-hydrogen) atoms. The molecule has 0 saturated carbocycles. The summed E-state index contributed by atoms with van der Waals surface area (Å²) in [4.78, 5) is 28.1. The van der Waals surface area contributed by atoms with Crippen LogP contribution in [-0.2, 0) is 26.1 Å². The number of aryl methyl sites for hydroxylation is 1. The van der Waals surface area contributed by atoms with Gasteiger partial charge >= 0.3 is 11.8 Å². The molecule has 0 radical (unpaired) electrons. The largest absolute Gasteiger partial charge is 0.417 e. The molecular formula is C17H19N5O4. The summed E-state index contributed by atoms with van der Waals surface area (Å²) in [6.07, 6.45) is 0.690. The number of aliphatic hydroxyl groups excluding tert-OH is 1. The van der Waals surface area contributed by atoms with Crippen LogP contribution in [0.1, 0.15) is 23.9 Å². The molecule has 1 aromatic carbocycles. The van der Waals surface area contributed by atoms with Crippen molar-refractivity contribution in [2.45, 2.75) is 33.0 Å². The molecule has 2 amide bonds. The monoisotopic (exact) mass is 357 g/mol. The minimum Gasteiger partial charge on any atom is -0.408 e. The Hall–Kier alpha value is -3.07. The first-order valence-corrected chi connectivity index (χ1v) is 8.46. The van der Waals surface area contributed by atoms with Gasteiger partial charge in [0.1, 0.15) is 0 Å². The number of amides is 2. The van der Waals surface area contributed by atoms with Crippen molar-refractivity contribution in [1.82, 2.24) is 19.7 Å². The van der Waals surface area contributed by atoms with Gasteiger partial charge in [-0.05, 0) is 19.1 Å². The molecule has 3 aromatic rings. The third-order valence-corrected chi connectivity index (χ3v) is 4.63. The Bertz CT molecular complexity index is 1030. The van der Waals surface area contributed by atoms with Crippen molar-refractivity contribution < 1.29 is 14.3 Å². The Morgan fingerprint density at radius 1 is 1.46 bits per heavy atom. The first-order chi connectivity index (χ1) is 12.6. The second-order valence-electron chi connectivity index (χ2n) is 6.17. The van der Waals surface area contributed by atoms with E-state index >= 15 is 0 Å². The number of benzene rings is 1. The maximum Gasteiger partial charge on any atom is 0.417 e. The van der Waals surface area contributed by atoms with Crippen LogP contribution >= 0.6 is 0 Å². The van der Waals surface area contributed by atoms with Gasteiger partial charge in [0.15, 0.2) is 5.58 Å². The lowest BCUT2D eigenvalue weighted by Crippen LogP contribution is -2.39. The van der Waals surface area contributed by atoms with Crippen molar-refractivity contribution >= 4 is 22.8 Å². The molecule has 0 spiro atoms. The van der Waals surface area contributed by atoms with Crippen molar-refractivity contribution in [2.24, 2.45) is 0 Å². The van der Waals surface area contributed by atoms with E-state index in [0.717, 1.165) is 17.8 Å². The zero-order chi connectivity index (χ0) is 18.3. The van der Waals surface area contributed by atoms with Gasteiger partial charge in [0.05, 0.1) is 24.4 Å². The smallest absolute Gasteiger partial charge is 0.408 e. The molecule has 2 aromatic heterocycles. The lowest BCUT2D eigenvalue weighted by molar-refractivity contribution is 0.204. The van der Waals surface area contributed by atoms with E-state index in [1.165, 1.54) is 0 Å². The van der Waals surface area contributed by atoms with Crippen LogP contribution in [-0.4, -0.2) is 37.3 Å². The maximum absolute atomic E-state index is 12.6. The molecule has 0 atom stereocenters. The quantitative estimate of drug-likeness (QED) is 0.655. The molecule has 9 heteroatoms. The first kappa shape index (κ1) is 16.4. The van der Waals surface area contributed by atoms with E-state index in [4.69, 9.17) is 4.42 Å². The Kier molecular flexibility index (Phi) is 4.00. The summed E-state index contributed by atoms with van der Waals surface area (Å²) in [6, 6.07) is 4.74. The Balaban J connectivity index is 1.53. The highest BCUT2D eigenvalue weighted by molar-refractivity contribution is 5.91. The number of aromatic amines is 1. The number of carbonyl (C=O) groups excluding carboxylic acids is 1. The summed E-state index contributed by atoms with van der Waals surface area (Å²) in [5.41, 5.74) is 4.13. The highest BCUT2D eigenvalue weighted by Gasteiger charge is 2.27. The van der Waals surface area contributed by atoms with Crippen LogP contribution in [0.2, 0.25) is 0 Å². The maximum atomic E-state index is 12.6. The molecule has 1 aliphatic rings. The summed E-state index contributed by atoms with van der Waals surface area (Å²) in [6.45, 7) is 3.56. The van der Waals surface area contributed by atoms with E-state index in [-0.39, 0.29) is 12.6 Å². The normalized spacial score (nSPS) is 13.8. The molecule has 0 fully saturated rings. The highest BCUT2D eigenvalue weighted by Crippen LogP contribution is 2.24. The fraction of sp³-hybridized carbons (Fsp3) is 0.353. The predicted molar refractivity (Wildman–Crippen MR) is 93.8 cm³/mol. The number of nitrogens with one attached hydrogen (secondary N) is 2. The van der Waals surface area contributed by atoms with Gasteiger partial charge in [0, 0.05) is 42.5 Å². The molecule has 3 heterocycles. The number of aliphatic hydroxyl groups is 1. The van der Waals surface area contributed by atoms with Gasteiger partial charge in [0.25, 0.3) is 0 Å². The number of carbonyl (C=O) groups is 1. The summed E-state index contributed by atoms with van der Waals surface area (Å²) in [5.74, 6) is -0.531. The highest BCUT2D eigenvalue weighted by atomic mass is 16.4. The second kappa shape index (κ2) is 6.34. The average Bonchev–Trinajstić information content (AvgIpc) is 3.19. The molecule has 136 valence electrons. The summed E-state index contributed by atoms with van der Waals surface area (Å²) in [7, 11) is 0. The third-order valence-electron chi connectivity index (χ3n) is 4.63. The van der Waals surface area contributed by atoms with Gasteiger partial charge < -0.3 is 19.7 Å². The lowest BCUT2D eigenvalue weighted by Gasteiger charge is -2.28. The SMILES string of the molecule is CCn1nc(CO)c2c1CCN(C(=O)Nc1ccc3[nH]c(=O)oc3c1)C2. The number of fused-ring (bicyclic) bond motifs is 2. The molecule has 0 aliphatic carbocycles. The van der Waals surface area contributed by atoms with Gasteiger partial charge in [-0.3, -0.25) is 9.67 Å². The van der Waals surface area contributed by atoms with Crippen LogP contribution in [0.3, 0.4) is 0 Å². The van der Waals surface area contributed by atoms with E-state index < -0.39 is 5.76 Å². The number of H-pyrrole nitrogens is 1. The van der Waals surface area contributed by atoms with Crippen LogP contribution < -0.4 is 11.1 Å². The zero-order valence-electron chi connectivity index (χ0n) is 14.3. The van der Waals surface area contributed by atoms with E-state index in [0.29, 0.717) is 42.0 Å². The first-order valence-electron chi connectivity index (χ1n) is 8.46. The van der Waals surface area contributed by atoms with Crippen molar-refractivity contribution in [2.75, 3.05) is 11.9 Å². The minimum atomic E-state index is -0.531. The van der Waals surface area contributed by atoms with E-state index in [1.807, 2.05) is 11.6 Å². The fourth-order valence-electron chi connectivity index (χ4n) is 3.35. The van der Waals surface area contributed by atoms with Crippen molar-refractivity contribution in [3.63, 3.8) is 0 Å². The standard InChI is InChI=1S/C17H19N5O4/c1-2-22-14-5-6-21(8-11(14)13(9-23)20-22)16(24)18-10-3-4-12-15(7-10)26-17(25)19-12/h3-4,7,23H,2,5-6,8-9H2,1H3,(H,18,24)(H,19,25). The number of urea groups is 1. The molecule has 0 bridgehead atoms. The van der Waals surface area contributed by atoms with Crippen molar-refractivity contribution in [3.05, 3.63) is 45.7 Å². The molecular weight excluding hydrogens is 338 g/mol.